The Hall–Kier alpha value is -6.05. The van der Waals surface area contributed by atoms with Crippen molar-refractivity contribution in [1.29, 1.82) is 0 Å². The van der Waals surface area contributed by atoms with E-state index >= 15 is 0 Å². The maximum Gasteiger partial charge on any atom is 0.0346 e. The summed E-state index contributed by atoms with van der Waals surface area (Å²) in [5, 5.41) is 7.74. The molecule has 1 heteroatoms. The minimum atomic E-state index is 1.12. The maximum absolute atomic E-state index is 4.33. The van der Waals surface area contributed by atoms with Crippen molar-refractivity contribution in [3.05, 3.63) is 176 Å². The van der Waals surface area contributed by atoms with Gasteiger partial charge >= 0.3 is 0 Å². The molecule has 0 aliphatic carbocycles. The Morgan fingerprint density at radius 1 is 0.283 bits per heavy atom. The van der Waals surface area contributed by atoms with Gasteiger partial charge in [0, 0.05) is 12.4 Å². The second kappa shape index (κ2) is 10.8. The van der Waals surface area contributed by atoms with Crippen molar-refractivity contribution in [2.45, 2.75) is 0 Å². The van der Waals surface area contributed by atoms with Crippen molar-refractivity contribution in [2.24, 2.45) is 0 Å². The van der Waals surface area contributed by atoms with Crippen molar-refractivity contribution < 1.29 is 0 Å². The molecule has 0 aliphatic rings. The van der Waals surface area contributed by atoms with Crippen molar-refractivity contribution >= 4 is 32.3 Å². The topological polar surface area (TPSA) is 12.9 Å². The smallest absolute Gasteiger partial charge is 0.0346 e. The van der Waals surface area contributed by atoms with E-state index < -0.39 is 0 Å². The minimum absolute atomic E-state index is 1.12. The first kappa shape index (κ1) is 26.4. The van der Waals surface area contributed by atoms with E-state index in [1.54, 1.807) is 0 Å². The lowest BCUT2D eigenvalue weighted by atomic mass is 9.82. The van der Waals surface area contributed by atoms with Crippen LogP contribution in [0, 0.1) is 0 Å². The summed E-state index contributed by atoms with van der Waals surface area (Å²) in [6.45, 7) is 0. The molecule has 8 aromatic carbocycles. The van der Waals surface area contributed by atoms with Crippen LogP contribution in [-0.2, 0) is 0 Å². The lowest BCUT2D eigenvalue weighted by Gasteiger charge is -2.21. The van der Waals surface area contributed by atoms with Gasteiger partial charge in [-0.25, -0.2) is 0 Å². The Morgan fingerprint density at radius 3 is 1.00 bits per heavy atom. The van der Waals surface area contributed by atoms with Crippen LogP contribution in [0.25, 0.3) is 88.0 Å². The van der Waals surface area contributed by atoms with Gasteiger partial charge in [-0.15, -0.1) is 0 Å². The van der Waals surface area contributed by atoms with Crippen LogP contribution >= 0.6 is 0 Å². The zero-order valence-corrected chi connectivity index (χ0v) is 25.2. The molecule has 1 aromatic heterocycles. The highest BCUT2D eigenvalue weighted by molar-refractivity contribution is 6.31. The lowest BCUT2D eigenvalue weighted by Crippen LogP contribution is -1.94. The van der Waals surface area contributed by atoms with Gasteiger partial charge in [0.1, 0.15) is 0 Å². The average Bonchev–Trinajstić information content (AvgIpc) is 3.15. The molecule has 0 amide bonds. The molecular weight excluding hydrogens is 555 g/mol. The Morgan fingerprint density at radius 2 is 0.630 bits per heavy atom. The molecule has 0 spiro atoms. The molecule has 0 N–H and O–H groups in total. The third kappa shape index (κ3) is 4.29. The largest absolute Gasteiger partial charge is 0.264 e. The molecule has 0 bridgehead atoms. The van der Waals surface area contributed by atoms with E-state index in [1.165, 1.54) is 76.8 Å². The number of aromatic nitrogens is 1. The molecular formula is C45H29N. The van der Waals surface area contributed by atoms with Gasteiger partial charge in [0.2, 0.25) is 0 Å². The standard InChI is InChI=1S/C45H29N/c1-4-11-31(12-5-1)40-27-41(32-13-6-2-7-14-32)37-24-25-39-43(34-20-18-30(19-21-34)35-17-10-26-46-29-35)28-42(33-15-8-3-9-16-33)38-23-22-36(40)44(37)45(38)39/h1-29H. The lowest BCUT2D eigenvalue weighted by molar-refractivity contribution is 1.33. The fourth-order valence-electron chi connectivity index (χ4n) is 7.18. The van der Waals surface area contributed by atoms with E-state index in [0.717, 1.165) is 11.1 Å². The van der Waals surface area contributed by atoms with Crippen LogP contribution in [0.5, 0.6) is 0 Å². The molecule has 1 nitrogen and oxygen atoms in total. The van der Waals surface area contributed by atoms with E-state index in [0.29, 0.717) is 0 Å². The molecule has 46 heavy (non-hydrogen) atoms. The predicted octanol–water partition coefficient (Wildman–Crippen LogP) is 12.3. The Balaban J connectivity index is 1.40. The highest BCUT2D eigenvalue weighted by atomic mass is 14.6. The van der Waals surface area contributed by atoms with Crippen molar-refractivity contribution in [3.63, 3.8) is 0 Å². The maximum atomic E-state index is 4.33. The fraction of sp³-hybridized carbons (Fsp3) is 0. The molecule has 0 atom stereocenters. The Bertz CT molecular complexity index is 2410. The zero-order valence-electron chi connectivity index (χ0n) is 25.2. The van der Waals surface area contributed by atoms with Crippen LogP contribution in [-0.4, -0.2) is 4.98 Å². The molecule has 9 aromatic rings. The van der Waals surface area contributed by atoms with E-state index in [2.05, 4.69) is 163 Å². The number of rotatable bonds is 5. The normalized spacial score (nSPS) is 11.5. The monoisotopic (exact) mass is 583 g/mol. The van der Waals surface area contributed by atoms with Gasteiger partial charge < -0.3 is 0 Å². The molecule has 1 heterocycles. The summed E-state index contributed by atoms with van der Waals surface area (Å²) in [4.78, 5) is 4.33. The molecule has 0 saturated carbocycles. The summed E-state index contributed by atoms with van der Waals surface area (Å²) in [7, 11) is 0. The van der Waals surface area contributed by atoms with Gasteiger partial charge in [-0.3, -0.25) is 4.98 Å². The first-order valence-corrected chi connectivity index (χ1v) is 15.8. The van der Waals surface area contributed by atoms with E-state index in [1.807, 2.05) is 18.5 Å². The van der Waals surface area contributed by atoms with Crippen LogP contribution < -0.4 is 0 Å². The SMILES string of the molecule is c1ccc(-c2cc(-c3ccccc3)c3ccc4c(-c5ccc(-c6cccnc6)cc5)cc(-c5ccccc5)c5ccc2c3c54)cc1. The molecule has 0 saturated heterocycles. The van der Waals surface area contributed by atoms with E-state index in [9.17, 15) is 0 Å². The summed E-state index contributed by atoms with van der Waals surface area (Å²) < 4.78 is 0. The Kier molecular flexibility index (Phi) is 6.21. The van der Waals surface area contributed by atoms with Crippen LogP contribution in [0.4, 0.5) is 0 Å². The highest BCUT2D eigenvalue weighted by Crippen LogP contribution is 2.48. The van der Waals surface area contributed by atoms with Gasteiger partial charge in [-0.05, 0) is 106 Å². The average molecular weight is 584 g/mol. The van der Waals surface area contributed by atoms with Crippen LogP contribution in [0.3, 0.4) is 0 Å². The summed E-state index contributed by atoms with van der Waals surface area (Å²) in [6, 6.07) is 59.7. The minimum Gasteiger partial charge on any atom is -0.264 e. The molecule has 0 fully saturated rings. The first-order valence-electron chi connectivity index (χ1n) is 15.8. The number of hydrogen-bond acceptors (Lipinski definition) is 1. The van der Waals surface area contributed by atoms with Crippen molar-refractivity contribution in [1.82, 2.24) is 4.98 Å². The molecule has 9 rings (SSSR count). The Labute approximate surface area is 268 Å². The van der Waals surface area contributed by atoms with Crippen LogP contribution in [0.1, 0.15) is 0 Å². The second-order valence-electron chi connectivity index (χ2n) is 11.9. The number of nitrogens with zero attached hydrogens (tertiary/aromatic N) is 1. The van der Waals surface area contributed by atoms with Gasteiger partial charge in [0.25, 0.3) is 0 Å². The van der Waals surface area contributed by atoms with E-state index in [4.69, 9.17) is 0 Å². The number of pyridine rings is 1. The van der Waals surface area contributed by atoms with Crippen LogP contribution in [0.2, 0.25) is 0 Å². The quantitative estimate of drug-likeness (QED) is 0.184. The van der Waals surface area contributed by atoms with Gasteiger partial charge in [-0.2, -0.15) is 0 Å². The summed E-state index contributed by atoms with van der Waals surface area (Å²) >= 11 is 0. The van der Waals surface area contributed by atoms with E-state index in [-0.39, 0.29) is 0 Å². The zero-order chi connectivity index (χ0) is 30.5. The summed E-state index contributed by atoms with van der Waals surface area (Å²) in [6.07, 6.45) is 3.74. The fourth-order valence-corrected chi connectivity index (χ4v) is 7.18. The third-order valence-electron chi connectivity index (χ3n) is 9.34. The third-order valence-corrected chi connectivity index (χ3v) is 9.34. The van der Waals surface area contributed by atoms with Gasteiger partial charge in [0.05, 0.1) is 0 Å². The van der Waals surface area contributed by atoms with Crippen molar-refractivity contribution in [3.8, 4) is 55.6 Å². The van der Waals surface area contributed by atoms with Crippen molar-refractivity contribution in [2.75, 3.05) is 0 Å². The molecule has 0 aliphatic heterocycles. The predicted molar refractivity (Wildman–Crippen MR) is 195 cm³/mol. The highest BCUT2D eigenvalue weighted by Gasteiger charge is 2.20. The summed E-state index contributed by atoms with van der Waals surface area (Å²) in [5.41, 5.74) is 12.2. The first-order chi connectivity index (χ1) is 22.8. The molecule has 214 valence electrons. The van der Waals surface area contributed by atoms with Gasteiger partial charge in [0.15, 0.2) is 0 Å². The molecule has 0 radical (unpaired) electrons. The van der Waals surface area contributed by atoms with Crippen LogP contribution in [0.15, 0.2) is 176 Å². The summed E-state index contributed by atoms with van der Waals surface area (Å²) in [5.74, 6) is 0. The molecule has 0 unspecified atom stereocenters. The van der Waals surface area contributed by atoms with Gasteiger partial charge in [-0.1, -0.05) is 146 Å². The second-order valence-corrected chi connectivity index (χ2v) is 11.9. The number of benzene rings is 8. The number of hydrogen-bond donors (Lipinski definition) is 0.